The van der Waals surface area contributed by atoms with Crippen molar-refractivity contribution in [1.29, 1.82) is 0 Å². The first-order valence-corrected chi connectivity index (χ1v) is 12.3. The minimum atomic E-state index is -3.82. The molecule has 0 saturated carbocycles. The third-order valence-electron chi connectivity index (χ3n) is 6.22. The van der Waals surface area contributed by atoms with Crippen molar-refractivity contribution in [2.75, 3.05) is 69.2 Å². The van der Waals surface area contributed by atoms with Gasteiger partial charge in [-0.1, -0.05) is 0 Å². The van der Waals surface area contributed by atoms with Gasteiger partial charge in [-0.15, -0.1) is 0 Å². The highest BCUT2D eigenvalue weighted by atomic mass is 32.2. The number of nitrogens with two attached hydrogens (primary N) is 1. The minimum Gasteiger partial charge on any atom is -0.365 e. The van der Waals surface area contributed by atoms with Crippen molar-refractivity contribution in [3.63, 3.8) is 0 Å². The molecule has 0 aliphatic carbocycles. The summed E-state index contributed by atoms with van der Waals surface area (Å²) < 4.78 is 27.5. The number of nitro benzene ring substituents is 1. The van der Waals surface area contributed by atoms with Gasteiger partial charge in [-0.25, -0.2) is 13.4 Å². The molecule has 2 fully saturated rings. The van der Waals surface area contributed by atoms with Crippen LogP contribution < -0.4 is 15.5 Å². The number of nitrogens with zero attached hydrogens (tertiary/aromatic N) is 6. The molecular formula is C21H27N7O5S. The topological polar surface area (TPSA) is 146 Å². The second kappa shape index (κ2) is 9.52. The molecule has 0 spiro atoms. The highest BCUT2D eigenvalue weighted by molar-refractivity contribution is 7.89. The SMILES string of the molecule is CN1CCN(S(=O)(=O)c2ccc(N3CCN(c4ncccc4C(N)=O)CC3)c([N+](=O)[O-])c2)CC1. The number of piperazine rings is 2. The molecule has 0 unspecified atom stereocenters. The number of carbonyl (C=O) groups excluding carboxylic acids is 1. The molecule has 0 bridgehead atoms. The van der Waals surface area contributed by atoms with E-state index in [-0.39, 0.29) is 10.6 Å². The van der Waals surface area contributed by atoms with Crippen molar-refractivity contribution >= 4 is 33.1 Å². The number of pyridine rings is 1. The molecule has 12 nitrogen and oxygen atoms in total. The van der Waals surface area contributed by atoms with Crippen molar-refractivity contribution in [3.8, 4) is 0 Å². The highest BCUT2D eigenvalue weighted by Crippen LogP contribution is 2.33. The van der Waals surface area contributed by atoms with Crippen molar-refractivity contribution in [2.45, 2.75) is 4.90 Å². The van der Waals surface area contributed by atoms with Gasteiger partial charge in [0.2, 0.25) is 10.0 Å². The molecule has 2 aliphatic heterocycles. The van der Waals surface area contributed by atoms with Gasteiger partial charge in [0.1, 0.15) is 11.5 Å². The Labute approximate surface area is 197 Å². The van der Waals surface area contributed by atoms with Crippen LogP contribution in [0, 0.1) is 10.1 Å². The molecule has 34 heavy (non-hydrogen) atoms. The monoisotopic (exact) mass is 489 g/mol. The van der Waals surface area contributed by atoms with Crippen LogP contribution in [0.4, 0.5) is 17.2 Å². The Morgan fingerprint density at radius 2 is 1.68 bits per heavy atom. The average molecular weight is 490 g/mol. The van der Waals surface area contributed by atoms with Gasteiger partial charge in [0, 0.05) is 64.6 Å². The van der Waals surface area contributed by atoms with Gasteiger partial charge in [-0.05, 0) is 31.3 Å². The smallest absolute Gasteiger partial charge is 0.293 e. The summed E-state index contributed by atoms with van der Waals surface area (Å²) in [4.78, 5) is 33.0. The Balaban J connectivity index is 1.54. The van der Waals surface area contributed by atoms with Gasteiger partial charge in [0.05, 0.1) is 15.4 Å². The van der Waals surface area contributed by atoms with E-state index in [1.165, 1.54) is 16.4 Å². The van der Waals surface area contributed by atoms with E-state index in [9.17, 15) is 23.3 Å². The lowest BCUT2D eigenvalue weighted by Crippen LogP contribution is -2.47. The molecule has 1 amide bonds. The van der Waals surface area contributed by atoms with Crippen LogP contribution in [0.3, 0.4) is 0 Å². The van der Waals surface area contributed by atoms with E-state index < -0.39 is 20.9 Å². The summed E-state index contributed by atoms with van der Waals surface area (Å²) in [5, 5.41) is 11.9. The zero-order valence-electron chi connectivity index (χ0n) is 18.8. The molecule has 2 saturated heterocycles. The third-order valence-corrected chi connectivity index (χ3v) is 8.11. The largest absolute Gasteiger partial charge is 0.365 e. The summed E-state index contributed by atoms with van der Waals surface area (Å²) >= 11 is 0. The van der Waals surface area contributed by atoms with E-state index in [4.69, 9.17) is 5.73 Å². The van der Waals surface area contributed by atoms with Gasteiger partial charge >= 0.3 is 0 Å². The maximum atomic E-state index is 13.1. The fourth-order valence-electron chi connectivity index (χ4n) is 4.26. The summed E-state index contributed by atoms with van der Waals surface area (Å²) in [7, 11) is -1.90. The maximum absolute atomic E-state index is 13.1. The molecule has 2 aliphatic rings. The number of sulfonamides is 1. The Bertz CT molecular complexity index is 1190. The van der Waals surface area contributed by atoms with Crippen LogP contribution in [0.2, 0.25) is 0 Å². The van der Waals surface area contributed by atoms with Crippen LogP contribution in [0.15, 0.2) is 41.4 Å². The Morgan fingerprint density at radius 3 is 2.29 bits per heavy atom. The van der Waals surface area contributed by atoms with E-state index in [0.29, 0.717) is 69.4 Å². The van der Waals surface area contributed by atoms with E-state index in [0.717, 1.165) is 6.07 Å². The molecular weight excluding hydrogens is 462 g/mol. The molecule has 182 valence electrons. The highest BCUT2D eigenvalue weighted by Gasteiger charge is 2.31. The number of hydrogen-bond donors (Lipinski definition) is 1. The van der Waals surface area contributed by atoms with E-state index in [1.807, 2.05) is 21.7 Å². The lowest BCUT2D eigenvalue weighted by atomic mass is 10.2. The Morgan fingerprint density at radius 1 is 1.03 bits per heavy atom. The molecule has 13 heteroatoms. The first kappa shape index (κ1) is 23.9. The lowest BCUT2D eigenvalue weighted by Gasteiger charge is -2.37. The van der Waals surface area contributed by atoms with Gasteiger partial charge in [0.25, 0.3) is 11.6 Å². The van der Waals surface area contributed by atoms with Crippen LogP contribution >= 0.6 is 0 Å². The number of likely N-dealkylation sites (N-methyl/N-ethyl adjacent to an activating group) is 1. The summed E-state index contributed by atoms with van der Waals surface area (Å²) in [6, 6.07) is 7.35. The Hall–Kier alpha value is -3.29. The molecule has 4 rings (SSSR count). The van der Waals surface area contributed by atoms with E-state index in [1.54, 1.807) is 18.3 Å². The molecule has 2 N–H and O–H groups in total. The first-order chi connectivity index (χ1) is 16.2. The second-order valence-electron chi connectivity index (χ2n) is 8.33. The quantitative estimate of drug-likeness (QED) is 0.448. The van der Waals surface area contributed by atoms with Crippen LogP contribution in [-0.2, 0) is 10.0 Å². The number of benzene rings is 1. The number of anilines is 2. The summed E-state index contributed by atoms with van der Waals surface area (Å²) in [5.41, 5.74) is 5.89. The zero-order valence-corrected chi connectivity index (χ0v) is 19.6. The Kier molecular flexibility index (Phi) is 6.68. The van der Waals surface area contributed by atoms with Gasteiger partial charge < -0.3 is 20.4 Å². The summed E-state index contributed by atoms with van der Waals surface area (Å²) in [5.74, 6) is -0.0870. The molecule has 0 radical (unpaired) electrons. The fraction of sp³-hybridized carbons (Fsp3) is 0.429. The summed E-state index contributed by atoms with van der Waals surface area (Å²) in [6.45, 7) is 3.70. The van der Waals surface area contributed by atoms with E-state index >= 15 is 0 Å². The maximum Gasteiger partial charge on any atom is 0.293 e. The number of primary amides is 1. The fourth-order valence-corrected chi connectivity index (χ4v) is 5.70. The van der Waals surface area contributed by atoms with Gasteiger partial charge in [-0.3, -0.25) is 14.9 Å². The van der Waals surface area contributed by atoms with Gasteiger partial charge in [-0.2, -0.15) is 4.31 Å². The molecule has 1 aromatic carbocycles. The van der Waals surface area contributed by atoms with Crippen LogP contribution in [0.25, 0.3) is 0 Å². The number of aromatic nitrogens is 1. The first-order valence-electron chi connectivity index (χ1n) is 10.9. The van der Waals surface area contributed by atoms with Gasteiger partial charge in [0.15, 0.2) is 0 Å². The number of rotatable bonds is 6. The van der Waals surface area contributed by atoms with E-state index in [2.05, 4.69) is 4.98 Å². The van der Waals surface area contributed by atoms with Crippen LogP contribution in [0.5, 0.6) is 0 Å². The predicted molar refractivity (Wildman–Crippen MR) is 127 cm³/mol. The van der Waals surface area contributed by atoms with Crippen LogP contribution in [-0.4, -0.2) is 92.8 Å². The third kappa shape index (κ3) is 4.67. The number of amides is 1. The number of carbonyl (C=O) groups is 1. The van der Waals surface area contributed by atoms with Crippen molar-refractivity contribution in [1.82, 2.24) is 14.2 Å². The van der Waals surface area contributed by atoms with Crippen LogP contribution in [0.1, 0.15) is 10.4 Å². The van der Waals surface area contributed by atoms with Crippen molar-refractivity contribution in [2.24, 2.45) is 5.73 Å². The normalized spacial score (nSPS) is 18.1. The molecule has 2 aromatic rings. The lowest BCUT2D eigenvalue weighted by molar-refractivity contribution is -0.384. The second-order valence-corrected chi connectivity index (χ2v) is 10.3. The van der Waals surface area contributed by atoms with Crippen molar-refractivity contribution < 1.29 is 18.1 Å². The molecule has 3 heterocycles. The number of nitro groups is 1. The zero-order chi connectivity index (χ0) is 24.5. The van der Waals surface area contributed by atoms with Crippen molar-refractivity contribution in [3.05, 3.63) is 52.2 Å². The average Bonchev–Trinajstić information content (AvgIpc) is 2.84. The standard InChI is InChI=1S/C21H27N7O5S/c1-24-7-13-27(14-8-24)34(32,33)16-4-5-18(19(15-16)28(30)31)25-9-11-26(12-10-25)21-17(20(22)29)3-2-6-23-21/h2-6,15H,7-14H2,1H3,(H2,22,29). The molecule has 1 aromatic heterocycles. The number of hydrogen-bond acceptors (Lipinski definition) is 9. The molecule has 0 atom stereocenters. The minimum absolute atomic E-state index is 0.0780. The summed E-state index contributed by atoms with van der Waals surface area (Å²) in [6.07, 6.45) is 1.58. The predicted octanol–water partition coefficient (Wildman–Crippen LogP) is 0.351.